The van der Waals surface area contributed by atoms with Gasteiger partial charge in [-0.2, -0.15) is 0 Å². The number of ether oxygens (including phenoxy) is 1. The van der Waals surface area contributed by atoms with E-state index in [0.717, 1.165) is 0 Å². The van der Waals surface area contributed by atoms with Crippen LogP contribution in [-0.2, 0) is 35.3 Å². The number of nitrogens with one attached hydrogen (secondary N) is 2. The van der Waals surface area contributed by atoms with Crippen LogP contribution in [0.1, 0.15) is 48.5 Å². The van der Waals surface area contributed by atoms with Crippen LogP contribution in [0.3, 0.4) is 0 Å². The maximum Gasteiger partial charge on any atom is 0.309 e. The monoisotopic (exact) mass is 453 g/mol. The highest BCUT2D eigenvalue weighted by Crippen LogP contribution is 2.33. The molecule has 3 aliphatic rings. The van der Waals surface area contributed by atoms with E-state index < -0.39 is 35.4 Å². The van der Waals surface area contributed by atoms with Crippen molar-refractivity contribution in [2.45, 2.75) is 45.2 Å². The van der Waals surface area contributed by atoms with Gasteiger partial charge in [0.05, 0.1) is 18.1 Å². The van der Waals surface area contributed by atoms with E-state index in [1.165, 1.54) is 11.1 Å². The summed E-state index contributed by atoms with van der Waals surface area (Å²) in [5.74, 6) is -3.42. The van der Waals surface area contributed by atoms with Crippen LogP contribution in [-0.4, -0.2) is 52.8 Å². The molecule has 1 atom stereocenters. The number of hydrogen-bond acceptors (Lipinski definition) is 8. The van der Waals surface area contributed by atoms with Gasteiger partial charge in [-0.05, 0) is 25.5 Å². The number of carbonyl (C=O) groups excluding carboxylic acids is 6. The van der Waals surface area contributed by atoms with Crippen molar-refractivity contribution < 1.29 is 33.5 Å². The van der Waals surface area contributed by atoms with Crippen LogP contribution in [0, 0.1) is 5.92 Å². The highest BCUT2D eigenvalue weighted by atomic mass is 16.5. The summed E-state index contributed by atoms with van der Waals surface area (Å²) in [4.78, 5) is 74.8. The van der Waals surface area contributed by atoms with Gasteiger partial charge in [0, 0.05) is 48.8 Å². The zero-order valence-corrected chi connectivity index (χ0v) is 18.0. The number of esters is 1. The Morgan fingerprint density at radius 2 is 1.91 bits per heavy atom. The van der Waals surface area contributed by atoms with Crippen LogP contribution in [0.15, 0.2) is 30.0 Å². The van der Waals surface area contributed by atoms with E-state index >= 15 is 0 Å². The van der Waals surface area contributed by atoms with E-state index in [2.05, 4.69) is 10.6 Å². The van der Waals surface area contributed by atoms with Crippen LogP contribution in [0.5, 0.6) is 0 Å². The second-order valence-corrected chi connectivity index (χ2v) is 8.14. The lowest BCUT2D eigenvalue weighted by atomic mass is 9.84. The zero-order valence-electron chi connectivity index (χ0n) is 18.0. The second-order valence-electron chi connectivity index (χ2n) is 8.14. The van der Waals surface area contributed by atoms with Crippen molar-refractivity contribution in [3.05, 3.63) is 41.1 Å². The van der Waals surface area contributed by atoms with Gasteiger partial charge in [0.15, 0.2) is 11.6 Å². The minimum atomic E-state index is -0.775. The number of fused-ring (bicyclic) bond motifs is 1. The van der Waals surface area contributed by atoms with Gasteiger partial charge in [-0.1, -0.05) is 6.07 Å². The van der Waals surface area contributed by atoms with Crippen LogP contribution < -0.4 is 10.6 Å². The first-order chi connectivity index (χ1) is 15.8. The molecule has 3 amide bonds. The van der Waals surface area contributed by atoms with E-state index in [4.69, 9.17) is 4.74 Å². The van der Waals surface area contributed by atoms with Crippen LogP contribution in [0.4, 0.5) is 5.69 Å². The SMILES string of the molecule is CCOC(=O)C1CC(=O)C(=CNc2cccc3c2CN(C2CCC(=O)NC2=O)C3=O)C(=O)C1. The predicted octanol–water partition coefficient (Wildman–Crippen LogP) is 0.855. The van der Waals surface area contributed by atoms with E-state index in [0.29, 0.717) is 16.8 Å². The molecule has 2 aliphatic heterocycles. The Labute approximate surface area is 189 Å². The van der Waals surface area contributed by atoms with Crippen LogP contribution in [0.2, 0.25) is 0 Å². The zero-order chi connectivity index (χ0) is 23.7. The van der Waals surface area contributed by atoms with Crippen molar-refractivity contribution in [3.8, 4) is 0 Å². The number of carbonyl (C=O) groups is 6. The van der Waals surface area contributed by atoms with Gasteiger partial charge in [-0.3, -0.25) is 34.1 Å². The molecular weight excluding hydrogens is 430 g/mol. The molecule has 10 heteroatoms. The third-order valence-corrected chi connectivity index (χ3v) is 6.04. The number of piperidine rings is 1. The van der Waals surface area contributed by atoms with E-state index in [1.54, 1.807) is 25.1 Å². The summed E-state index contributed by atoms with van der Waals surface area (Å²) in [6.45, 7) is 1.99. The van der Waals surface area contributed by atoms with Gasteiger partial charge in [0.2, 0.25) is 11.8 Å². The van der Waals surface area contributed by atoms with Gasteiger partial charge >= 0.3 is 5.97 Å². The van der Waals surface area contributed by atoms with Crippen LogP contribution in [0.25, 0.3) is 0 Å². The number of imide groups is 1. The number of anilines is 1. The fourth-order valence-electron chi connectivity index (χ4n) is 4.35. The molecule has 172 valence electrons. The minimum absolute atomic E-state index is 0.0421. The maximum atomic E-state index is 12.9. The van der Waals surface area contributed by atoms with Gasteiger partial charge in [0.25, 0.3) is 5.91 Å². The van der Waals surface area contributed by atoms with Crippen molar-refractivity contribution in [2.75, 3.05) is 11.9 Å². The highest BCUT2D eigenvalue weighted by Gasteiger charge is 2.40. The third-order valence-electron chi connectivity index (χ3n) is 6.04. The average molecular weight is 453 g/mol. The van der Waals surface area contributed by atoms with Crippen molar-refractivity contribution >= 4 is 40.9 Å². The molecule has 0 aromatic heterocycles. The first-order valence-electron chi connectivity index (χ1n) is 10.8. The molecule has 1 aromatic rings. The lowest BCUT2D eigenvalue weighted by Crippen LogP contribution is -2.52. The number of nitrogens with zero attached hydrogens (tertiary/aromatic N) is 1. The number of hydrogen-bond donors (Lipinski definition) is 2. The predicted molar refractivity (Wildman–Crippen MR) is 114 cm³/mol. The smallest absolute Gasteiger partial charge is 0.309 e. The van der Waals surface area contributed by atoms with Crippen molar-refractivity contribution in [2.24, 2.45) is 5.92 Å². The van der Waals surface area contributed by atoms with E-state index in [9.17, 15) is 28.8 Å². The average Bonchev–Trinajstić information content (AvgIpc) is 3.10. The summed E-state index contributed by atoms with van der Waals surface area (Å²) in [6, 6.07) is 4.27. The van der Waals surface area contributed by atoms with Gasteiger partial charge in [-0.25, -0.2) is 0 Å². The molecule has 4 rings (SSSR count). The summed E-state index contributed by atoms with van der Waals surface area (Å²) < 4.78 is 4.91. The highest BCUT2D eigenvalue weighted by molar-refractivity contribution is 6.23. The van der Waals surface area contributed by atoms with Crippen LogP contribution >= 0.6 is 0 Å². The molecule has 10 nitrogen and oxygen atoms in total. The topological polar surface area (TPSA) is 139 Å². The quantitative estimate of drug-likeness (QED) is 0.290. The molecule has 1 saturated heterocycles. The molecule has 0 bridgehead atoms. The summed E-state index contributed by atoms with van der Waals surface area (Å²) in [5.41, 5.74) is 1.52. The summed E-state index contributed by atoms with van der Waals surface area (Å²) >= 11 is 0. The standard InChI is InChI=1S/C23H23N3O7/c1-2-33-23(32)12-8-18(27)14(19(28)9-12)10-24-16-5-3-4-13-15(16)11-26(22(13)31)17-6-7-20(29)25-21(17)30/h3-5,10,12,17,24H,2,6-9,11H2,1H3,(H,25,29,30). The Bertz CT molecular complexity index is 1090. The fraction of sp³-hybridized carbons (Fsp3) is 0.391. The fourth-order valence-corrected chi connectivity index (χ4v) is 4.35. The number of allylic oxidation sites excluding steroid dienone is 1. The summed E-state index contributed by atoms with van der Waals surface area (Å²) in [6.07, 6.45) is 1.51. The Kier molecular flexibility index (Phi) is 6.08. The number of ketones is 2. The Balaban J connectivity index is 1.50. The Morgan fingerprint density at radius 3 is 2.58 bits per heavy atom. The van der Waals surface area contributed by atoms with Crippen molar-refractivity contribution in [1.29, 1.82) is 0 Å². The van der Waals surface area contributed by atoms with Gasteiger partial charge in [0.1, 0.15) is 6.04 Å². The minimum Gasteiger partial charge on any atom is -0.466 e. The number of amides is 3. The Morgan fingerprint density at radius 1 is 1.18 bits per heavy atom. The van der Waals surface area contributed by atoms with E-state index in [1.807, 2.05) is 0 Å². The first kappa shape index (κ1) is 22.4. The molecule has 2 heterocycles. The molecule has 0 radical (unpaired) electrons. The van der Waals surface area contributed by atoms with Gasteiger partial charge in [-0.15, -0.1) is 0 Å². The Hall–Kier alpha value is -3.82. The molecule has 1 aromatic carbocycles. The summed E-state index contributed by atoms with van der Waals surface area (Å²) in [5, 5.41) is 5.21. The lowest BCUT2D eigenvalue weighted by molar-refractivity contribution is -0.151. The normalized spacial score (nSPS) is 22.8. The number of Topliss-reactive ketones (excluding diaryl/α,β-unsaturated/α-hetero) is 2. The molecule has 33 heavy (non-hydrogen) atoms. The lowest BCUT2D eigenvalue weighted by Gasteiger charge is -2.29. The van der Waals surface area contributed by atoms with Gasteiger partial charge < -0.3 is 15.0 Å². The maximum absolute atomic E-state index is 12.9. The second kappa shape index (κ2) is 8.97. The molecule has 1 aliphatic carbocycles. The molecule has 2 fully saturated rings. The largest absolute Gasteiger partial charge is 0.466 e. The third kappa shape index (κ3) is 4.28. The van der Waals surface area contributed by atoms with E-state index in [-0.39, 0.29) is 56.2 Å². The first-order valence-corrected chi connectivity index (χ1v) is 10.8. The molecule has 1 saturated carbocycles. The molecule has 0 spiro atoms. The van der Waals surface area contributed by atoms with Crippen molar-refractivity contribution in [1.82, 2.24) is 10.2 Å². The summed E-state index contributed by atoms with van der Waals surface area (Å²) in [7, 11) is 0. The number of rotatable bonds is 5. The molecular formula is C23H23N3O7. The van der Waals surface area contributed by atoms with Crippen molar-refractivity contribution in [3.63, 3.8) is 0 Å². The number of benzene rings is 1. The molecule has 2 N–H and O–H groups in total. The molecule has 1 unspecified atom stereocenters.